The molecule has 6 heteroatoms. The molecule has 0 aromatic heterocycles. The van der Waals surface area contributed by atoms with Gasteiger partial charge in [-0.25, -0.2) is 9.18 Å². The number of para-hydroxylation sites is 1. The third kappa shape index (κ3) is 3.67. The number of likely N-dealkylation sites (N-methyl/N-ethyl adjacent to an activating group) is 1. The summed E-state index contributed by atoms with van der Waals surface area (Å²) in [5, 5.41) is 8.91. The molecular weight excluding hydrogens is 253 g/mol. The van der Waals surface area contributed by atoms with Gasteiger partial charge in [-0.1, -0.05) is 6.07 Å². The third-order valence-corrected chi connectivity index (χ3v) is 2.65. The summed E-state index contributed by atoms with van der Waals surface area (Å²) in [7, 11) is 0. The molecule has 0 radical (unpaired) electrons. The summed E-state index contributed by atoms with van der Waals surface area (Å²) >= 11 is 0. The standard InChI is InChI=1S/C13H16FNO4/c1-3-15(4-2)11(16)8-19-12-9(13(17)18)6-5-7-10(12)14/h5-7H,3-4,8H2,1-2H3,(H,17,18). The molecule has 0 fully saturated rings. The summed E-state index contributed by atoms with van der Waals surface area (Å²) in [6.07, 6.45) is 0. The molecule has 0 heterocycles. The van der Waals surface area contributed by atoms with Crippen LogP contribution in [0.2, 0.25) is 0 Å². The van der Waals surface area contributed by atoms with Gasteiger partial charge in [0, 0.05) is 13.1 Å². The van der Waals surface area contributed by atoms with Gasteiger partial charge >= 0.3 is 5.97 Å². The van der Waals surface area contributed by atoms with Crippen LogP contribution in [0.15, 0.2) is 18.2 Å². The van der Waals surface area contributed by atoms with E-state index in [-0.39, 0.29) is 18.1 Å². The van der Waals surface area contributed by atoms with E-state index in [0.29, 0.717) is 13.1 Å². The summed E-state index contributed by atoms with van der Waals surface area (Å²) in [5.74, 6) is -2.82. The maximum atomic E-state index is 13.5. The molecule has 0 atom stereocenters. The van der Waals surface area contributed by atoms with E-state index >= 15 is 0 Å². The lowest BCUT2D eigenvalue weighted by atomic mass is 10.2. The van der Waals surface area contributed by atoms with Crippen molar-refractivity contribution < 1.29 is 23.8 Å². The first-order chi connectivity index (χ1) is 9.01. The number of amides is 1. The molecule has 5 nitrogen and oxygen atoms in total. The molecule has 19 heavy (non-hydrogen) atoms. The van der Waals surface area contributed by atoms with Crippen molar-refractivity contribution in [1.82, 2.24) is 4.90 Å². The number of rotatable bonds is 6. The van der Waals surface area contributed by atoms with Crippen molar-refractivity contribution in [1.29, 1.82) is 0 Å². The molecule has 0 spiro atoms. The van der Waals surface area contributed by atoms with Gasteiger partial charge in [-0.3, -0.25) is 4.79 Å². The Hall–Kier alpha value is -2.11. The first kappa shape index (κ1) is 14.9. The van der Waals surface area contributed by atoms with Crippen LogP contribution in [0, 0.1) is 5.82 Å². The summed E-state index contributed by atoms with van der Waals surface area (Å²) in [4.78, 5) is 24.1. The Bertz CT molecular complexity index is 472. The first-order valence-electron chi connectivity index (χ1n) is 5.93. The van der Waals surface area contributed by atoms with E-state index < -0.39 is 17.5 Å². The van der Waals surface area contributed by atoms with E-state index in [2.05, 4.69) is 0 Å². The minimum absolute atomic E-state index is 0.299. The van der Waals surface area contributed by atoms with Crippen LogP contribution in [0.1, 0.15) is 24.2 Å². The van der Waals surface area contributed by atoms with Crippen molar-refractivity contribution in [3.8, 4) is 5.75 Å². The minimum Gasteiger partial charge on any atom is -0.480 e. The van der Waals surface area contributed by atoms with Crippen molar-refractivity contribution >= 4 is 11.9 Å². The molecule has 1 amide bonds. The van der Waals surface area contributed by atoms with Gasteiger partial charge in [-0.2, -0.15) is 0 Å². The number of carbonyl (C=O) groups excluding carboxylic acids is 1. The Kier molecular flexibility index (Phi) is 5.29. The Balaban J connectivity index is 2.83. The summed E-state index contributed by atoms with van der Waals surface area (Å²) in [6.45, 7) is 4.27. The fraction of sp³-hybridized carbons (Fsp3) is 0.385. The van der Waals surface area contributed by atoms with Crippen LogP contribution in [0.4, 0.5) is 4.39 Å². The second-order valence-electron chi connectivity index (χ2n) is 3.78. The zero-order valence-electron chi connectivity index (χ0n) is 10.9. The van der Waals surface area contributed by atoms with Gasteiger partial charge in [-0.15, -0.1) is 0 Å². The Labute approximate surface area is 110 Å². The first-order valence-corrected chi connectivity index (χ1v) is 5.93. The Morgan fingerprint density at radius 3 is 2.47 bits per heavy atom. The van der Waals surface area contributed by atoms with Crippen LogP contribution < -0.4 is 4.74 Å². The number of ether oxygens (including phenoxy) is 1. The smallest absolute Gasteiger partial charge is 0.339 e. The molecule has 0 aliphatic heterocycles. The molecule has 0 saturated heterocycles. The van der Waals surface area contributed by atoms with Crippen molar-refractivity contribution in [2.45, 2.75) is 13.8 Å². The van der Waals surface area contributed by atoms with Gasteiger partial charge in [0.15, 0.2) is 18.2 Å². The molecule has 104 valence electrons. The SMILES string of the molecule is CCN(CC)C(=O)COc1c(F)cccc1C(=O)O. The highest BCUT2D eigenvalue weighted by Gasteiger charge is 2.18. The van der Waals surface area contributed by atoms with E-state index in [4.69, 9.17) is 9.84 Å². The second-order valence-corrected chi connectivity index (χ2v) is 3.78. The van der Waals surface area contributed by atoms with Crippen LogP contribution in [0.5, 0.6) is 5.75 Å². The number of hydrogen-bond acceptors (Lipinski definition) is 3. The average Bonchev–Trinajstić information content (AvgIpc) is 2.38. The molecule has 0 aliphatic rings. The van der Waals surface area contributed by atoms with Crippen LogP contribution in [0.3, 0.4) is 0 Å². The van der Waals surface area contributed by atoms with Crippen LogP contribution in [0.25, 0.3) is 0 Å². The van der Waals surface area contributed by atoms with E-state index in [1.807, 2.05) is 13.8 Å². The monoisotopic (exact) mass is 269 g/mol. The number of carboxylic acid groups (broad SMARTS) is 1. The predicted octanol–water partition coefficient (Wildman–Crippen LogP) is 1.77. The van der Waals surface area contributed by atoms with E-state index in [0.717, 1.165) is 6.07 Å². The lowest BCUT2D eigenvalue weighted by molar-refractivity contribution is -0.133. The predicted molar refractivity (Wildman–Crippen MR) is 66.8 cm³/mol. The number of carboxylic acids is 1. The van der Waals surface area contributed by atoms with E-state index in [9.17, 15) is 14.0 Å². The fourth-order valence-corrected chi connectivity index (χ4v) is 1.63. The highest BCUT2D eigenvalue weighted by Crippen LogP contribution is 2.22. The van der Waals surface area contributed by atoms with Gasteiger partial charge in [0.1, 0.15) is 5.56 Å². The molecule has 0 bridgehead atoms. The van der Waals surface area contributed by atoms with Gasteiger partial charge in [-0.05, 0) is 26.0 Å². The summed E-state index contributed by atoms with van der Waals surface area (Å²) in [5.41, 5.74) is -0.299. The second kappa shape index (κ2) is 6.72. The lowest BCUT2D eigenvalue weighted by Gasteiger charge is -2.19. The number of nitrogens with zero attached hydrogens (tertiary/aromatic N) is 1. The van der Waals surface area contributed by atoms with E-state index in [1.54, 1.807) is 0 Å². The quantitative estimate of drug-likeness (QED) is 0.854. The van der Waals surface area contributed by atoms with Gasteiger partial charge in [0.2, 0.25) is 0 Å². The topological polar surface area (TPSA) is 66.8 Å². The molecule has 0 unspecified atom stereocenters. The largest absolute Gasteiger partial charge is 0.480 e. The molecule has 1 N–H and O–H groups in total. The van der Waals surface area contributed by atoms with Crippen molar-refractivity contribution in [2.24, 2.45) is 0 Å². The number of hydrogen-bond donors (Lipinski definition) is 1. The number of benzene rings is 1. The maximum Gasteiger partial charge on any atom is 0.339 e. The molecular formula is C13H16FNO4. The Morgan fingerprint density at radius 2 is 1.95 bits per heavy atom. The van der Waals surface area contributed by atoms with Crippen molar-refractivity contribution in [2.75, 3.05) is 19.7 Å². The number of carbonyl (C=O) groups is 2. The number of aromatic carboxylic acids is 1. The lowest BCUT2D eigenvalue weighted by Crippen LogP contribution is -2.34. The van der Waals surface area contributed by atoms with Crippen LogP contribution >= 0.6 is 0 Å². The molecule has 0 aliphatic carbocycles. The van der Waals surface area contributed by atoms with Gasteiger partial charge in [0.05, 0.1) is 0 Å². The number of halogens is 1. The van der Waals surface area contributed by atoms with Gasteiger partial charge < -0.3 is 14.7 Å². The maximum absolute atomic E-state index is 13.5. The molecule has 1 aromatic carbocycles. The van der Waals surface area contributed by atoms with Crippen molar-refractivity contribution in [3.63, 3.8) is 0 Å². The summed E-state index contributed by atoms with van der Waals surface area (Å²) < 4.78 is 18.5. The Morgan fingerprint density at radius 1 is 1.32 bits per heavy atom. The zero-order chi connectivity index (χ0) is 14.4. The summed E-state index contributed by atoms with van der Waals surface area (Å²) in [6, 6.07) is 3.59. The van der Waals surface area contributed by atoms with Crippen LogP contribution in [-0.4, -0.2) is 41.6 Å². The molecule has 0 saturated carbocycles. The average molecular weight is 269 g/mol. The van der Waals surface area contributed by atoms with E-state index in [1.165, 1.54) is 17.0 Å². The van der Waals surface area contributed by atoms with Crippen LogP contribution in [-0.2, 0) is 4.79 Å². The zero-order valence-corrected chi connectivity index (χ0v) is 10.9. The fourth-order valence-electron chi connectivity index (χ4n) is 1.63. The molecule has 1 rings (SSSR count). The normalized spacial score (nSPS) is 10.1. The highest BCUT2D eigenvalue weighted by atomic mass is 19.1. The minimum atomic E-state index is -1.30. The van der Waals surface area contributed by atoms with Gasteiger partial charge in [0.25, 0.3) is 5.91 Å². The highest BCUT2D eigenvalue weighted by molar-refractivity contribution is 5.91. The third-order valence-electron chi connectivity index (χ3n) is 2.65. The molecule has 1 aromatic rings. The van der Waals surface area contributed by atoms with Crippen molar-refractivity contribution in [3.05, 3.63) is 29.6 Å².